The zero-order valence-electron chi connectivity index (χ0n) is 11.1. The van der Waals surface area contributed by atoms with Crippen LogP contribution in [0.3, 0.4) is 0 Å². The lowest BCUT2D eigenvalue weighted by Crippen LogP contribution is -2.27. The van der Waals surface area contributed by atoms with Crippen molar-refractivity contribution in [1.29, 1.82) is 0 Å². The fraction of sp³-hybridized carbons (Fsp3) is 0.833. The molecule has 2 unspecified atom stereocenters. The van der Waals surface area contributed by atoms with Crippen LogP contribution in [0, 0.1) is 0 Å². The lowest BCUT2D eigenvalue weighted by Gasteiger charge is -2.20. The van der Waals surface area contributed by atoms with Gasteiger partial charge in [-0.3, -0.25) is 0 Å². The second-order valence-corrected chi connectivity index (χ2v) is 5.11. The van der Waals surface area contributed by atoms with Gasteiger partial charge in [-0.25, -0.2) is 0 Å². The maximum absolute atomic E-state index is 5.98. The Hall–Kier alpha value is -0.980. The molecule has 2 heterocycles. The van der Waals surface area contributed by atoms with Crippen molar-refractivity contribution in [3.63, 3.8) is 0 Å². The summed E-state index contributed by atoms with van der Waals surface area (Å²) in [6.45, 7) is 1.55. The fourth-order valence-corrected chi connectivity index (χ4v) is 2.14. The van der Waals surface area contributed by atoms with Crippen LogP contribution in [0.1, 0.15) is 37.0 Å². The molecule has 1 aromatic heterocycles. The lowest BCUT2D eigenvalue weighted by molar-refractivity contribution is 0.0124. The minimum atomic E-state index is -0.204. The molecular weight excluding hydrogens is 232 g/mol. The number of hydrogen-bond donors (Lipinski definition) is 1. The van der Waals surface area contributed by atoms with Gasteiger partial charge in [-0.05, 0) is 33.4 Å². The first-order valence-electron chi connectivity index (χ1n) is 6.49. The van der Waals surface area contributed by atoms with Crippen LogP contribution in [0.15, 0.2) is 4.52 Å². The number of nitrogens with zero attached hydrogens (tertiary/aromatic N) is 3. The molecule has 0 aliphatic carbocycles. The number of ether oxygens (including phenoxy) is 1. The highest BCUT2D eigenvalue weighted by Crippen LogP contribution is 2.17. The monoisotopic (exact) mass is 254 g/mol. The Balaban J connectivity index is 1.88. The van der Waals surface area contributed by atoms with E-state index in [4.69, 9.17) is 15.0 Å². The van der Waals surface area contributed by atoms with Gasteiger partial charge in [-0.2, -0.15) is 4.98 Å². The Morgan fingerprint density at radius 3 is 2.94 bits per heavy atom. The summed E-state index contributed by atoms with van der Waals surface area (Å²) in [6.07, 6.45) is 4.35. The first kappa shape index (κ1) is 13.5. The van der Waals surface area contributed by atoms with Crippen molar-refractivity contribution in [2.24, 2.45) is 5.73 Å². The predicted octanol–water partition coefficient (Wildman–Crippen LogP) is 0.743. The highest BCUT2D eigenvalue weighted by Gasteiger charge is 2.20. The van der Waals surface area contributed by atoms with E-state index in [2.05, 4.69) is 10.1 Å². The van der Waals surface area contributed by atoms with Gasteiger partial charge < -0.3 is 19.9 Å². The quantitative estimate of drug-likeness (QED) is 0.835. The van der Waals surface area contributed by atoms with E-state index in [9.17, 15) is 0 Å². The molecule has 1 aromatic rings. The normalized spacial score (nSPS) is 22.3. The van der Waals surface area contributed by atoms with Crippen LogP contribution in [0.25, 0.3) is 0 Å². The molecule has 1 saturated heterocycles. The molecule has 1 aliphatic heterocycles. The van der Waals surface area contributed by atoms with E-state index in [0.717, 1.165) is 19.4 Å². The molecular formula is C12H22N4O2. The number of rotatable bonds is 5. The standard InChI is InChI=1S/C12H22N4O2/c1-16(2)8-10(13)12-14-11(18-15-12)7-9-5-3-4-6-17-9/h9-10H,3-8,13H2,1-2H3. The fourth-order valence-electron chi connectivity index (χ4n) is 2.14. The van der Waals surface area contributed by atoms with Gasteiger partial charge in [0.05, 0.1) is 18.6 Å². The second-order valence-electron chi connectivity index (χ2n) is 5.11. The third kappa shape index (κ3) is 3.76. The van der Waals surface area contributed by atoms with Crippen LogP contribution in [0.2, 0.25) is 0 Å². The van der Waals surface area contributed by atoms with Gasteiger partial charge in [-0.15, -0.1) is 0 Å². The Bertz CT molecular complexity index is 361. The Morgan fingerprint density at radius 1 is 1.44 bits per heavy atom. The minimum absolute atomic E-state index is 0.204. The van der Waals surface area contributed by atoms with Gasteiger partial charge >= 0.3 is 0 Å². The number of hydrogen-bond acceptors (Lipinski definition) is 6. The summed E-state index contributed by atoms with van der Waals surface area (Å²) in [5.41, 5.74) is 5.98. The maximum Gasteiger partial charge on any atom is 0.229 e. The Labute approximate surface area is 107 Å². The molecule has 0 aromatic carbocycles. The van der Waals surface area contributed by atoms with Gasteiger partial charge in [-0.1, -0.05) is 5.16 Å². The second kappa shape index (κ2) is 6.26. The van der Waals surface area contributed by atoms with Crippen molar-refractivity contribution in [1.82, 2.24) is 15.0 Å². The van der Waals surface area contributed by atoms with E-state index in [1.165, 1.54) is 6.42 Å². The number of aromatic nitrogens is 2. The lowest BCUT2D eigenvalue weighted by atomic mass is 10.1. The summed E-state index contributed by atoms with van der Waals surface area (Å²) >= 11 is 0. The highest BCUT2D eigenvalue weighted by atomic mass is 16.5. The SMILES string of the molecule is CN(C)CC(N)c1noc(CC2CCCCO2)n1. The van der Waals surface area contributed by atoms with Gasteiger partial charge in [0.25, 0.3) is 0 Å². The van der Waals surface area contributed by atoms with Gasteiger partial charge in [0.15, 0.2) is 5.82 Å². The Kier molecular flexibility index (Phi) is 4.68. The molecule has 0 spiro atoms. The molecule has 0 saturated carbocycles. The summed E-state index contributed by atoms with van der Waals surface area (Å²) in [5, 5.41) is 3.94. The van der Waals surface area contributed by atoms with Crippen molar-refractivity contribution >= 4 is 0 Å². The first-order chi connectivity index (χ1) is 8.65. The molecule has 6 heteroatoms. The third-order valence-electron chi connectivity index (χ3n) is 3.05. The summed E-state index contributed by atoms with van der Waals surface area (Å²) in [7, 11) is 3.94. The largest absolute Gasteiger partial charge is 0.378 e. The van der Waals surface area contributed by atoms with E-state index in [1.807, 2.05) is 19.0 Å². The van der Waals surface area contributed by atoms with Crippen molar-refractivity contribution in [2.45, 2.75) is 37.8 Å². The van der Waals surface area contributed by atoms with E-state index >= 15 is 0 Å². The smallest absolute Gasteiger partial charge is 0.229 e. The van der Waals surface area contributed by atoms with Crippen molar-refractivity contribution in [3.8, 4) is 0 Å². The molecule has 2 atom stereocenters. The Morgan fingerprint density at radius 2 is 2.28 bits per heavy atom. The van der Waals surface area contributed by atoms with E-state index < -0.39 is 0 Å². The van der Waals surface area contributed by atoms with E-state index in [-0.39, 0.29) is 12.1 Å². The summed E-state index contributed by atoms with van der Waals surface area (Å²) in [6, 6.07) is -0.204. The van der Waals surface area contributed by atoms with Crippen LogP contribution in [-0.4, -0.2) is 48.4 Å². The zero-order valence-corrected chi connectivity index (χ0v) is 11.1. The zero-order chi connectivity index (χ0) is 13.0. The summed E-state index contributed by atoms with van der Waals surface area (Å²) in [5.74, 6) is 1.21. The average molecular weight is 254 g/mol. The van der Waals surface area contributed by atoms with Crippen LogP contribution in [-0.2, 0) is 11.2 Å². The van der Waals surface area contributed by atoms with Crippen LogP contribution >= 0.6 is 0 Å². The molecule has 102 valence electrons. The third-order valence-corrected chi connectivity index (χ3v) is 3.05. The molecule has 0 radical (unpaired) electrons. The topological polar surface area (TPSA) is 77.4 Å². The number of nitrogens with two attached hydrogens (primary N) is 1. The molecule has 0 bridgehead atoms. The maximum atomic E-state index is 5.98. The average Bonchev–Trinajstić information content (AvgIpc) is 2.78. The molecule has 1 aliphatic rings. The van der Waals surface area contributed by atoms with Gasteiger partial charge in [0.1, 0.15) is 0 Å². The van der Waals surface area contributed by atoms with Crippen LogP contribution < -0.4 is 5.73 Å². The molecule has 2 rings (SSSR count). The van der Waals surface area contributed by atoms with E-state index in [0.29, 0.717) is 24.7 Å². The van der Waals surface area contributed by atoms with E-state index in [1.54, 1.807) is 0 Å². The van der Waals surface area contributed by atoms with Crippen molar-refractivity contribution in [3.05, 3.63) is 11.7 Å². The molecule has 18 heavy (non-hydrogen) atoms. The predicted molar refractivity (Wildman–Crippen MR) is 67.1 cm³/mol. The first-order valence-corrected chi connectivity index (χ1v) is 6.49. The van der Waals surface area contributed by atoms with Crippen molar-refractivity contribution < 1.29 is 9.26 Å². The summed E-state index contributed by atoms with van der Waals surface area (Å²) < 4.78 is 10.9. The summed E-state index contributed by atoms with van der Waals surface area (Å²) in [4.78, 5) is 6.35. The van der Waals surface area contributed by atoms with Crippen LogP contribution in [0.4, 0.5) is 0 Å². The van der Waals surface area contributed by atoms with Gasteiger partial charge in [0.2, 0.25) is 5.89 Å². The molecule has 2 N–H and O–H groups in total. The highest BCUT2D eigenvalue weighted by molar-refractivity contribution is 4.95. The molecule has 0 amide bonds. The van der Waals surface area contributed by atoms with Gasteiger partial charge in [0, 0.05) is 13.2 Å². The minimum Gasteiger partial charge on any atom is -0.378 e. The number of likely N-dealkylation sites (N-methyl/N-ethyl adjacent to an activating group) is 1. The van der Waals surface area contributed by atoms with Crippen molar-refractivity contribution in [2.75, 3.05) is 27.2 Å². The molecule has 1 fully saturated rings. The molecule has 6 nitrogen and oxygen atoms in total. The van der Waals surface area contributed by atoms with Crippen LogP contribution in [0.5, 0.6) is 0 Å².